The van der Waals surface area contributed by atoms with Crippen molar-refractivity contribution in [3.63, 3.8) is 0 Å². The maximum absolute atomic E-state index is 11.9. The summed E-state index contributed by atoms with van der Waals surface area (Å²) in [5, 5.41) is 11.7. The molecule has 0 atom stereocenters. The maximum Gasteiger partial charge on any atom is 0.227 e. The van der Waals surface area contributed by atoms with E-state index in [-0.39, 0.29) is 12.3 Å². The van der Waals surface area contributed by atoms with E-state index in [0.29, 0.717) is 17.9 Å². The van der Waals surface area contributed by atoms with E-state index in [2.05, 4.69) is 11.4 Å². The average Bonchev–Trinajstić information content (AvgIpc) is 2.51. The number of anilines is 1. The first-order valence-electron chi connectivity index (χ1n) is 7.09. The molecule has 22 heavy (non-hydrogen) atoms. The summed E-state index contributed by atoms with van der Waals surface area (Å²) in [7, 11) is 0. The van der Waals surface area contributed by atoms with Gasteiger partial charge in [0.1, 0.15) is 11.8 Å². The molecule has 0 spiro atoms. The number of amides is 1. The average molecular weight is 294 g/mol. The standard InChI is InChI=1S/C18H18N2O2/c1-13-7-8-14(2)17(11-13)22-10-9-18(21)20-16-6-4-3-5-15(16)12-19/h3-8,11H,9-10H2,1-2H3,(H,20,21). The molecule has 0 saturated carbocycles. The molecule has 0 aromatic heterocycles. The third kappa shape index (κ3) is 4.10. The van der Waals surface area contributed by atoms with Crippen LogP contribution in [0.1, 0.15) is 23.1 Å². The van der Waals surface area contributed by atoms with Gasteiger partial charge >= 0.3 is 0 Å². The molecule has 2 aromatic rings. The van der Waals surface area contributed by atoms with Gasteiger partial charge in [0.25, 0.3) is 0 Å². The summed E-state index contributed by atoms with van der Waals surface area (Å²) in [6.07, 6.45) is 0.229. The Morgan fingerprint density at radius 2 is 2.00 bits per heavy atom. The lowest BCUT2D eigenvalue weighted by molar-refractivity contribution is -0.116. The van der Waals surface area contributed by atoms with Crippen molar-refractivity contribution < 1.29 is 9.53 Å². The molecule has 1 N–H and O–H groups in total. The van der Waals surface area contributed by atoms with E-state index in [0.717, 1.165) is 16.9 Å². The van der Waals surface area contributed by atoms with Crippen LogP contribution in [0, 0.1) is 25.2 Å². The number of nitrogens with zero attached hydrogens (tertiary/aromatic N) is 1. The van der Waals surface area contributed by atoms with Crippen LogP contribution in [0.5, 0.6) is 5.75 Å². The maximum atomic E-state index is 11.9. The van der Waals surface area contributed by atoms with Crippen molar-refractivity contribution in [1.82, 2.24) is 0 Å². The Labute approximate surface area is 130 Å². The highest BCUT2D eigenvalue weighted by Crippen LogP contribution is 2.19. The highest BCUT2D eigenvalue weighted by molar-refractivity contribution is 5.92. The summed E-state index contributed by atoms with van der Waals surface area (Å²) < 4.78 is 5.66. The second kappa shape index (κ2) is 7.28. The third-order valence-corrected chi connectivity index (χ3v) is 3.25. The summed E-state index contributed by atoms with van der Waals surface area (Å²) in [6.45, 7) is 4.26. The predicted molar refractivity (Wildman–Crippen MR) is 85.8 cm³/mol. The summed E-state index contributed by atoms with van der Waals surface area (Å²) in [6, 6.07) is 14.9. The van der Waals surface area contributed by atoms with Crippen LogP contribution >= 0.6 is 0 Å². The second-order valence-electron chi connectivity index (χ2n) is 5.07. The van der Waals surface area contributed by atoms with Crippen molar-refractivity contribution in [2.75, 3.05) is 11.9 Å². The fraction of sp³-hybridized carbons (Fsp3) is 0.222. The minimum atomic E-state index is -0.173. The SMILES string of the molecule is Cc1ccc(C)c(OCCC(=O)Nc2ccccc2C#N)c1. The lowest BCUT2D eigenvalue weighted by Crippen LogP contribution is -2.16. The van der Waals surface area contributed by atoms with Gasteiger partial charge in [-0.15, -0.1) is 0 Å². The van der Waals surface area contributed by atoms with E-state index in [4.69, 9.17) is 10.00 Å². The first-order valence-corrected chi connectivity index (χ1v) is 7.09. The second-order valence-corrected chi connectivity index (χ2v) is 5.07. The molecular weight excluding hydrogens is 276 g/mol. The van der Waals surface area contributed by atoms with E-state index in [1.165, 1.54) is 0 Å². The van der Waals surface area contributed by atoms with E-state index in [9.17, 15) is 4.79 Å². The number of hydrogen-bond acceptors (Lipinski definition) is 3. The molecule has 0 radical (unpaired) electrons. The minimum Gasteiger partial charge on any atom is -0.493 e. The quantitative estimate of drug-likeness (QED) is 0.916. The van der Waals surface area contributed by atoms with E-state index in [1.807, 2.05) is 32.0 Å². The molecule has 0 heterocycles. The number of carbonyl (C=O) groups excluding carboxylic acids is 1. The van der Waals surface area contributed by atoms with Crippen LogP contribution in [0.25, 0.3) is 0 Å². The highest BCUT2D eigenvalue weighted by atomic mass is 16.5. The lowest BCUT2D eigenvalue weighted by atomic mass is 10.1. The summed E-state index contributed by atoms with van der Waals surface area (Å²) in [5.74, 6) is 0.623. The molecule has 0 unspecified atom stereocenters. The van der Waals surface area contributed by atoms with Gasteiger partial charge in [0.15, 0.2) is 0 Å². The largest absolute Gasteiger partial charge is 0.493 e. The molecule has 2 aromatic carbocycles. The van der Waals surface area contributed by atoms with Crippen molar-refractivity contribution in [3.8, 4) is 11.8 Å². The van der Waals surface area contributed by atoms with Gasteiger partial charge in [0.05, 0.1) is 24.3 Å². The van der Waals surface area contributed by atoms with Crippen molar-refractivity contribution >= 4 is 11.6 Å². The van der Waals surface area contributed by atoms with Gasteiger partial charge in [-0.1, -0.05) is 24.3 Å². The molecule has 112 valence electrons. The molecule has 4 nitrogen and oxygen atoms in total. The fourth-order valence-electron chi connectivity index (χ4n) is 2.02. The molecule has 0 fully saturated rings. The normalized spacial score (nSPS) is 9.86. The number of nitrogens with one attached hydrogen (secondary N) is 1. The van der Waals surface area contributed by atoms with Gasteiger partial charge in [0, 0.05) is 0 Å². The van der Waals surface area contributed by atoms with Crippen molar-refractivity contribution in [3.05, 3.63) is 59.2 Å². The van der Waals surface area contributed by atoms with Crippen molar-refractivity contribution in [2.45, 2.75) is 20.3 Å². The van der Waals surface area contributed by atoms with Crippen LogP contribution in [0.15, 0.2) is 42.5 Å². The Morgan fingerprint density at radius 1 is 1.23 bits per heavy atom. The highest BCUT2D eigenvalue weighted by Gasteiger charge is 2.07. The van der Waals surface area contributed by atoms with Crippen molar-refractivity contribution in [1.29, 1.82) is 5.26 Å². The monoisotopic (exact) mass is 294 g/mol. The van der Waals surface area contributed by atoms with Crippen LogP contribution in [-0.2, 0) is 4.79 Å². The smallest absolute Gasteiger partial charge is 0.227 e. The Kier molecular flexibility index (Phi) is 5.16. The minimum absolute atomic E-state index is 0.173. The Morgan fingerprint density at radius 3 is 2.77 bits per heavy atom. The van der Waals surface area contributed by atoms with Gasteiger partial charge in [-0.3, -0.25) is 4.79 Å². The molecule has 0 aliphatic heterocycles. The third-order valence-electron chi connectivity index (χ3n) is 3.25. The van der Waals surface area contributed by atoms with E-state index < -0.39 is 0 Å². The number of hydrogen-bond donors (Lipinski definition) is 1. The number of benzene rings is 2. The van der Waals surface area contributed by atoms with Gasteiger partial charge in [-0.2, -0.15) is 5.26 Å². The van der Waals surface area contributed by atoms with Gasteiger partial charge in [-0.05, 0) is 43.2 Å². The Bertz CT molecular complexity index is 717. The first-order chi connectivity index (χ1) is 10.6. The topological polar surface area (TPSA) is 62.1 Å². The lowest BCUT2D eigenvalue weighted by Gasteiger charge is -2.10. The zero-order chi connectivity index (χ0) is 15.9. The summed E-state index contributed by atoms with van der Waals surface area (Å²) >= 11 is 0. The number of rotatable bonds is 5. The number of nitriles is 1. The number of para-hydroxylation sites is 1. The molecular formula is C18H18N2O2. The molecule has 0 aliphatic rings. The summed E-state index contributed by atoms with van der Waals surface area (Å²) in [4.78, 5) is 11.9. The van der Waals surface area contributed by atoms with Crippen LogP contribution in [-0.4, -0.2) is 12.5 Å². The Balaban J connectivity index is 1.88. The van der Waals surface area contributed by atoms with Gasteiger partial charge < -0.3 is 10.1 Å². The van der Waals surface area contributed by atoms with Crippen LogP contribution in [0.2, 0.25) is 0 Å². The van der Waals surface area contributed by atoms with E-state index in [1.54, 1.807) is 24.3 Å². The molecule has 0 aliphatic carbocycles. The number of aryl methyl sites for hydroxylation is 2. The number of carbonyl (C=O) groups is 1. The zero-order valence-corrected chi connectivity index (χ0v) is 12.7. The molecule has 1 amide bonds. The fourth-order valence-corrected chi connectivity index (χ4v) is 2.02. The van der Waals surface area contributed by atoms with Crippen LogP contribution in [0.4, 0.5) is 5.69 Å². The number of ether oxygens (including phenoxy) is 1. The Hall–Kier alpha value is -2.80. The molecule has 2 rings (SSSR count). The first kappa shape index (κ1) is 15.6. The molecule has 0 saturated heterocycles. The molecule has 4 heteroatoms. The van der Waals surface area contributed by atoms with Gasteiger partial charge in [-0.25, -0.2) is 0 Å². The van der Waals surface area contributed by atoms with Crippen LogP contribution in [0.3, 0.4) is 0 Å². The van der Waals surface area contributed by atoms with Crippen molar-refractivity contribution in [2.24, 2.45) is 0 Å². The van der Waals surface area contributed by atoms with Crippen LogP contribution < -0.4 is 10.1 Å². The zero-order valence-electron chi connectivity index (χ0n) is 12.7. The summed E-state index contributed by atoms with van der Waals surface area (Å²) in [5.41, 5.74) is 3.14. The van der Waals surface area contributed by atoms with E-state index >= 15 is 0 Å². The molecule has 0 bridgehead atoms. The van der Waals surface area contributed by atoms with Gasteiger partial charge in [0.2, 0.25) is 5.91 Å². The predicted octanol–water partition coefficient (Wildman–Crippen LogP) is 3.58.